The molecule has 4 nitrogen and oxygen atoms in total. The Balaban J connectivity index is 1.35. The summed E-state index contributed by atoms with van der Waals surface area (Å²) >= 11 is 0. The van der Waals surface area contributed by atoms with E-state index < -0.39 is 0 Å². The maximum absolute atomic E-state index is 6.09. The van der Waals surface area contributed by atoms with Crippen molar-refractivity contribution in [3.63, 3.8) is 0 Å². The maximum Gasteiger partial charge on any atom is 0.316 e. The van der Waals surface area contributed by atoms with Gasteiger partial charge in [-0.3, -0.25) is 4.90 Å². The Bertz CT molecular complexity index is 885. The Labute approximate surface area is 147 Å². The Hall–Kier alpha value is -2.46. The topological polar surface area (TPSA) is 38.2 Å². The summed E-state index contributed by atoms with van der Waals surface area (Å²) in [7, 11) is 0. The van der Waals surface area contributed by atoms with E-state index in [1.807, 2.05) is 12.4 Å². The van der Waals surface area contributed by atoms with Gasteiger partial charge in [0, 0.05) is 24.5 Å². The van der Waals surface area contributed by atoms with E-state index in [-0.39, 0.29) is 6.10 Å². The zero-order chi connectivity index (χ0) is 16.6. The monoisotopic (exact) mass is 331 g/mol. The van der Waals surface area contributed by atoms with E-state index in [1.54, 1.807) is 0 Å². The first-order valence-electron chi connectivity index (χ1n) is 9.05. The zero-order valence-corrected chi connectivity index (χ0v) is 14.1. The molecule has 3 aliphatic heterocycles. The summed E-state index contributed by atoms with van der Waals surface area (Å²) in [5.41, 5.74) is 2.15. The van der Waals surface area contributed by atoms with Crippen LogP contribution in [0.1, 0.15) is 12.8 Å². The second-order valence-corrected chi connectivity index (χ2v) is 7.11. The van der Waals surface area contributed by atoms with Gasteiger partial charge in [0.05, 0.1) is 0 Å². The summed E-state index contributed by atoms with van der Waals surface area (Å²) in [6, 6.07) is 15.3. The van der Waals surface area contributed by atoms with Crippen LogP contribution in [0.15, 0.2) is 54.9 Å². The third-order valence-corrected chi connectivity index (χ3v) is 5.56. The lowest BCUT2D eigenvalue weighted by Crippen LogP contribution is -2.52. The quantitative estimate of drug-likeness (QED) is 0.732. The highest BCUT2D eigenvalue weighted by Gasteiger charge is 2.35. The third kappa shape index (κ3) is 2.87. The van der Waals surface area contributed by atoms with E-state index in [1.165, 1.54) is 36.7 Å². The van der Waals surface area contributed by atoms with E-state index in [9.17, 15) is 0 Å². The number of nitrogens with zero attached hydrogens (tertiary/aromatic N) is 3. The van der Waals surface area contributed by atoms with Gasteiger partial charge in [0.25, 0.3) is 0 Å². The van der Waals surface area contributed by atoms with Gasteiger partial charge in [-0.15, -0.1) is 0 Å². The molecule has 0 spiro atoms. The number of hydrogen-bond acceptors (Lipinski definition) is 4. The summed E-state index contributed by atoms with van der Waals surface area (Å²) < 4.78 is 6.09. The molecule has 3 fully saturated rings. The van der Waals surface area contributed by atoms with Gasteiger partial charge in [-0.05, 0) is 54.3 Å². The van der Waals surface area contributed by atoms with Crippen LogP contribution in [0.25, 0.3) is 21.9 Å². The smallest absolute Gasteiger partial charge is 0.316 e. The third-order valence-electron chi connectivity index (χ3n) is 5.56. The van der Waals surface area contributed by atoms with E-state index >= 15 is 0 Å². The van der Waals surface area contributed by atoms with Crippen LogP contribution >= 0.6 is 0 Å². The van der Waals surface area contributed by atoms with Crippen molar-refractivity contribution in [2.75, 3.05) is 19.6 Å². The van der Waals surface area contributed by atoms with Gasteiger partial charge in [0.1, 0.15) is 6.10 Å². The first-order chi connectivity index (χ1) is 12.3. The van der Waals surface area contributed by atoms with Crippen LogP contribution in [0.3, 0.4) is 0 Å². The molecule has 0 aliphatic carbocycles. The van der Waals surface area contributed by atoms with Gasteiger partial charge in [-0.1, -0.05) is 36.4 Å². The predicted octanol–water partition coefficient (Wildman–Crippen LogP) is 3.77. The molecule has 3 aromatic rings. The normalized spacial score (nSPS) is 25.2. The van der Waals surface area contributed by atoms with Crippen LogP contribution in [-0.4, -0.2) is 40.6 Å². The molecule has 4 heteroatoms. The molecule has 25 heavy (non-hydrogen) atoms. The van der Waals surface area contributed by atoms with Crippen LogP contribution in [0, 0.1) is 5.92 Å². The summed E-state index contributed by atoms with van der Waals surface area (Å²) in [6.07, 6.45) is 6.45. The van der Waals surface area contributed by atoms with Crippen molar-refractivity contribution in [1.29, 1.82) is 0 Å². The fourth-order valence-electron chi connectivity index (χ4n) is 4.07. The molecule has 2 aromatic carbocycles. The minimum absolute atomic E-state index is 0.244. The standard InChI is InChI=1S/C21H21N3O/c1-2-4-17-11-18(6-5-15(17)3-1)19-12-22-21(23-13-19)25-20-14-24-9-7-16(20)8-10-24/h1-6,11-13,16,20H,7-10,14H2. The maximum atomic E-state index is 6.09. The number of piperidine rings is 3. The SMILES string of the molecule is c1ccc2cc(-c3cnc(OC4CN5CCC4CC5)nc3)ccc2c1. The van der Waals surface area contributed by atoms with Gasteiger partial charge in [0.2, 0.25) is 0 Å². The van der Waals surface area contributed by atoms with Crippen LogP contribution < -0.4 is 4.74 Å². The molecule has 3 aliphatic rings. The van der Waals surface area contributed by atoms with E-state index in [0.29, 0.717) is 11.9 Å². The van der Waals surface area contributed by atoms with Gasteiger partial charge >= 0.3 is 6.01 Å². The predicted molar refractivity (Wildman–Crippen MR) is 98.6 cm³/mol. The first-order valence-corrected chi connectivity index (χ1v) is 9.05. The lowest BCUT2D eigenvalue weighted by Gasteiger charge is -2.43. The van der Waals surface area contributed by atoms with Crippen molar-refractivity contribution in [2.45, 2.75) is 18.9 Å². The molecule has 0 N–H and O–H groups in total. The fraction of sp³-hybridized carbons (Fsp3) is 0.333. The molecule has 6 rings (SSSR count). The molecule has 0 saturated carbocycles. The lowest BCUT2D eigenvalue weighted by atomic mass is 9.86. The summed E-state index contributed by atoms with van der Waals surface area (Å²) in [6.45, 7) is 3.44. The molecule has 126 valence electrons. The molecule has 1 unspecified atom stereocenters. The molecule has 4 heterocycles. The Morgan fingerprint density at radius 2 is 1.64 bits per heavy atom. The number of fused-ring (bicyclic) bond motifs is 4. The average Bonchev–Trinajstić information content (AvgIpc) is 2.69. The van der Waals surface area contributed by atoms with Crippen LogP contribution in [0.4, 0.5) is 0 Å². The van der Waals surface area contributed by atoms with E-state index in [0.717, 1.165) is 17.7 Å². The molecule has 3 saturated heterocycles. The number of hydrogen-bond donors (Lipinski definition) is 0. The lowest BCUT2D eigenvalue weighted by molar-refractivity contribution is -0.0123. The van der Waals surface area contributed by atoms with Gasteiger partial charge in [-0.2, -0.15) is 0 Å². The van der Waals surface area contributed by atoms with Crippen molar-refractivity contribution in [3.8, 4) is 17.1 Å². The van der Waals surface area contributed by atoms with Gasteiger partial charge < -0.3 is 4.74 Å². The molecule has 1 aromatic heterocycles. The van der Waals surface area contributed by atoms with Crippen LogP contribution in [-0.2, 0) is 0 Å². The molecule has 0 amide bonds. The minimum atomic E-state index is 0.244. The highest BCUT2D eigenvalue weighted by Crippen LogP contribution is 2.30. The molecular formula is C21H21N3O. The molecule has 2 bridgehead atoms. The molecule has 0 radical (unpaired) electrons. The number of ether oxygens (including phenoxy) is 1. The van der Waals surface area contributed by atoms with Crippen molar-refractivity contribution in [1.82, 2.24) is 14.9 Å². The Morgan fingerprint density at radius 1 is 0.880 bits per heavy atom. The number of benzene rings is 2. The largest absolute Gasteiger partial charge is 0.458 e. The average molecular weight is 331 g/mol. The van der Waals surface area contributed by atoms with Crippen molar-refractivity contribution < 1.29 is 4.74 Å². The summed E-state index contributed by atoms with van der Waals surface area (Å²) in [4.78, 5) is 11.4. The second kappa shape index (κ2) is 6.12. The zero-order valence-electron chi connectivity index (χ0n) is 14.1. The fourth-order valence-corrected chi connectivity index (χ4v) is 4.07. The minimum Gasteiger partial charge on any atom is -0.458 e. The second-order valence-electron chi connectivity index (χ2n) is 7.11. The summed E-state index contributed by atoms with van der Waals surface area (Å²) in [5, 5.41) is 2.47. The van der Waals surface area contributed by atoms with Crippen molar-refractivity contribution in [3.05, 3.63) is 54.9 Å². The van der Waals surface area contributed by atoms with Crippen LogP contribution in [0.5, 0.6) is 6.01 Å². The van der Waals surface area contributed by atoms with Crippen LogP contribution in [0.2, 0.25) is 0 Å². The van der Waals surface area contributed by atoms with Gasteiger partial charge in [-0.25, -0.2) is 9.97 Å². The Morgan fingerprint density at radius 3 is 2.36 bits per heavy atom. The van der Waals surface area contributed by atoms with Gasteiger partial charge in [0.15, 0.2) is 0 Å². The number of rotatable bonds is 3. The van der Waals surface area contributed by atoms with Crippen molar-refractivity contribution >= 4 is 10.8 Å². The first kappa shape index (κ1) is 14.8. The molecule has 1 atom stereocenters. The highest BCUT2D eigenvalue weighted by atomic mass is 16.5. The Kier molecular flexibility index (Phi) is 3.63. The summed E-state index contributed by atoms with van der Waals surface area (Å²) in [5.74, 6) is 0.661. The van der Waals surface area contributed by atoms with E-state index in [4.69, 9.17) is 4.74 Å². The number of aromatic nitrogens is 2. The van der Waals surface area contributed by atoms with E-state index in [2.05, 4.69) is 57.3 Å². The van der Waals surface area contributed by atoms with Crippen molar-refractivity contribution in [2.24, 2.45) is 5.92 Å². The highest BCUT2D eigenvalue weighted by molar-refractivity contribution is 5.87. The molecular weight excluding hydrogens is 310 g/mol.